The van der Waals surface area contributed by atoms with Crippen LogP contribution in [0.2, 0.25) is 0 Å². The maximum atomic E-state index is 13.3. The van der Waals surface area contributed by atoms with Crippen molar-refractivity contribution in [3.05, 3.63) is 77.4 Å². The van der Waals surface area contributed by atoms with E-state index in [4.69, 9.17) is 23.7 Å². The van der Waals surface area contributed by atoms with Crippen molar-refractivity contribution in [2.24, 2.45) is 0 Å². The van der Waals surface area contributed by atoms with Gasteiger partial charge in [0, 0.05) is 37.1 Å². The number of amides is 3. The molecule has 0 aromatic heterocycles. The zero-order chi connectivity index (χ0) is 34.4. The van der Waals surface area contributed by atoms with Gasteiger partial charge < -0.3 is 39.2 Å². The lowest BCUT2D eigenvalue weighted by Gasteiger charge is -2.26. The first kappa shape index (κ1) is 37.6. The van der Waals surface area contributed by atoms with Gasteiger partial charge in [-0.05, 0) is 55.9 Å². The van der Waals surface area contributed by atoms with E-state index in [1.807, 2.05) is 48.5 Å². The highest BCUT2D eigenvalue weighted by Crippen LogP contribution is 2.26. The number of alkyl carbamates (subject to hydrolysis) is 1. The van der Waals surface area contributed by atoms with Gasteiger partial charge in [-0.2, -0.15) is 0 Å². The number of hydrogen-bond donors (Lipinski definition) is 2. The van der Waals surface area contributed by atoms with Gasteiger partial charge in [0.15, 0.2) is 0 Å². The lowest BCUT2D eigenvalue weighted by atomic mass is 10.0. The average molecular weight is 676 g/mol. The molecule has 1 unspecified atom stereocenters. The van der Waals surface area contributed by atoms with Crippen molar-refractivity contribution in [1.29, 1.82) is 0 Å². The molecule has 11 heteroatoms. The molecule has 3 amide bonds. The molecule has 1 aliphatic heterocycles. The summed E-state index contributed by atoms with van der Waals surface area (Å²) < 4.78 is 27.5. The second-order valence-corrected chi connectivity index (χ2v) is 11.6. The third-order valence-electron chi connectivity index (χ3n) is 7.93. The molecule has 0 fully saturated rings. The van der Waals surface area contributed by atoms with Crippen LogP contribution < -0.4 is 15.5 Å². The van der Waals surface area contributed by atoms with Gasteiger partial charge in [0.25, 0.3) is 0 Å². The number of ether oxygens (including phenoxy) is 5. The Balaban J connectivity index is 0.945. The SMILES string of the molecule is O=C(CCOCCOCCOCCOCCNC(=O)OC1CCC=CCCC1)NCCC(=O)N1Cc2ccccc2C#Cc2ccccc21. The third kappa shape index (κ3) is 14.4. The number of benzene rings is 2. The van der Waals surface area contributed by atoms with Crippen molar-refractivity contribution in [3.8, 4) is 11.8 Å². The summed E-state index contributed by atoms with van der Waals surface area (Å²) in [7, 11) is 0. The van der Waals surface area contributed by atoms with E-state index in [0.717, 1.165) is 54.5 Å². The number of carbonyl (C=O) groups excluding carboxylic acids is 3. The summed E-state index contributed by atoms with van der Waals surface area (Å²) >= 11 is 0. The predicted molar refractivity (Wildman–Crippen MR) is 186 cm³/mol. The maximum absolute atomic E-state index is 13.3. The molecular weight excluding hydrogens is 626 g/mol. The highest BCUT2D eigenvalue weighted by molar-refractivity contribution is 5.95. The number of para-hydroxylation sites is 1. The lowest BCUT2D eigenvalue weighted by Crippen LogP contribution is -2.35. The van der Waals surface area contributed by atoms with Gasteiger partial charge in [-0.15, -0.1) is 0 Å². The van der Waals surface area contributed by atoms with Gasteiger partial charge in [0.1, 0.15) is 6.10 Å². The van der Waals surface area contributed by atoms with E-state index < -0.39 is 6.09 Å². The van der Waals surface area contributed by atoms with Crippen LogP contribution in [-0.4, -0.2) is 90.0 Å². The first-order valence-electron chi connectivity index (χ1n) is 17.3. The minimum atomic E-state index is -0.392. The number of nitrogens with one attached hydrogen (secondary N) is 2. The summed E-state index contributed by atoms with van der Waals surface area (Å²) in [5.74, 6) is 6.15. The van der Waals surface area contributed by atoms with E-state index in [9.17, 15) is 14.4 Å². The highest BCUT2D eigenvalue weighted by atomic mass is 16.6. The highest BCUT2D eigenvalue weighted by Gasteiger charge is 2.21. The van der Waals surface area contributed by atoms with Crippen molar-refractivity contribution in [3.63, 3.8) is 0 Å². The normalized spacial score (nSPS) is 15.3. The second kappa shape index (κ2) is 22.4. The standard InChI is InChI=1S/C38H49N3O8/c42-36(39-20-18-37(43)41-30-33-12-7-6-10-31(33)16-17-32-11-8-9-15-35(32)41)19-22-45-24-26-47-28-29-48-27-25-46-23-21-40-38(44)49-34-13-4-2-1-3-5-14-34/h1-2,6-12,15,34H,3-5,13-14,18-30H2,(H,39,42)(H,40,44). The molecule has 1 heterocycles. The number of carbonyl (C=O) groups is 3. The number of allylic oxidation sites excluding steroid dienone is 2. The van der Waals surface area contributed by atoms with Crippen molar-refractivity contribution < 1.29 is 38.1 Å². The molecule has 264 valence electrons. The van der Waals surface area contributed by atoms with Crippen molar-refractivity contribution in [2.45, 2.75) is 57.6 Å². The number of fused-ring (bicyclic) bond motifs is 2. The Kier molecular flexibility index (Phi) is 17.2. The molecule has 49 heavy (non-hydrogen) atoms. The van der Waals surface area contributed by atoms with Crippen LogP contribution in [0.25, 0.3) is 0 Å². The number of rotatable bonds is 19. The van der Waals surface area contributed by atoms with Gasteiger partial charge in [0.05, 0.1) is 65.1 Å². The molecule has 4 rings (SSSR count). The van der Waals surface area contributed by atoms with Crippen LogP contribution in [-0.2, 0) is 39.8 Å². The van der Waals surface area contributed by atoms with E-state index in [0.29, 0.717) is 59.3 Å². The fourth-order valence-corrected chi connectivity index (χ4v) is 5.33. The predicted octanol–water partition coefficient (Wildman–Crippen LogP) is 4.51. The van der Waals surface area contributed by atoms with Crippen molar-refractivity contribution in [1.82, 2.24) is 10.6 Å². The molecule has 2 aromatic carbocycles. The topological polar surface area (TPSA) is 125 Å². The zero-order valence-electron chi connectivity index (χ0n) is 28.3. The molecule has 0 saturated heterocycles. The summed E-state index contributed by atoms with van der Waals surface area (Å²) in [6.07, 6.45) is 9.07. The first-order valence-corrected chi connectivity index (χ1v) is 17.3. The van der Waals surface area contributed by atoms with Crippen LogP contribution in [0.15, 0.2) is 60.7 Å². The molecule has 0 bridgehead atoms. The Labute approximate surface area is 289 Å². The van der Waals surface area contributed by atoms with E-state index in [-0.39, 0.29) is 43.9 Å². The Bertz CT molecular complexity index is 1420. The van der Waals surface area contributed by atoms with E-state index in [1.54, 1.807) is 4.90 Å². The molecule has 1 atom stereocenters. The Morgan fingerprint density at radius 3 is 2.14 bits per heavy atom. The average Bonchev–Trinajstić information content (AvgIpc) is 3.08. The number of hydrogen-bond acceptors (Lipinski definition) is 8. The zero-order valence-corrected chi connectivity index (χ0v) is 28.3. The van der Waals surface area contributed by atoms with Crippen LogP contribution in [0, 0.1) is 11.8 Å². The van der Waals surface area contributed by atoms with Gasteiger partial charge in [-0.1, -0.05) is 54.3 Å². The largest absolute Gasteiger partial charge is 0.446 e. The van der Waals surface area contributed by atoms with Gasteiger partial charge in [-0.3, -0.25) is 9.59 Å². The molecule has 1 aliphatic carbocycles. The van der Waals surface area contributed by atoms with Crippen molar-refractivity contribution in [2.75, 3.05) is 70.8 Å². The molecular formula is C38H49N3O8. The lowest BCUT2D eigenvalue weighted by molar-refractivity contribution is -0.122. The molecule has 0 saturated carbocycles. The Hall–Kier alpha value is -4.21. The summed E-state index contributed by atoms with van der Waals surface area (Å²) in [4.78, 5) is 39.2. The van der Waals surface area contributed by atoms with Crippen LogP contribution in [0.3, 0.4) is 0 Å². The molecule has 11 nitrogen and oxygen atoms in total. The van der Waals surface area contributed by atoms with E-state index >= 15 is 0 Å². The maximum Gasteiger partial charge on any atom is 0.407 e. The summed E-state index contributed by atoms with van der Waals surface area (Å²) in [5, 5.41) is 5.54. The van der Waals surface area contributed by atoms with Crippen LogP contribution in [0.4, 0.5) is 10.5 Å². The quantitative estimate of drug-likeness (QED) is 0.127. The molecule has 0 spiro atoms. The molecule has 2 aliphatic rings. The van der Waals surface area contributed by atoms with Crippen LogP contribution in [0.1, 0.15) is 61.6 Å². The fraction of sp³-hybridized carbons (Fsp3) is 0.500. The molecule has 2 aromatic rings. The summed E-state index contributed by atoms with van der Waals surface area (Å²) in [6, 6.07) is 15.5. The minimum Gasteiger partial charge on any atom is -0.446 e. The monoisotopic (exact) mass is 675 g/mol. The third-order valence-corrected chi connectivity index (χ3v) is 7.93. The molecule has 2 N–H and O–H groups in total. The number of nitrogens with zero attached hydrogens (tertiary/aromatic N) is 1. The minimum absolute atomic E-state index is 0.0227. The van der Waals surface area contributed by atoms with E-state index in [1.165, 1.54) is 0 Å². The Morgan fingerprint density at radius 1 is 0.694 bits per heavy atom. The van der Waals surface area contributed by atoms with E-state index in [2.05, 4.69) is 34.6 Å². The van der Waals surface area contributed by atoms with Crippen molar-refractivity contribution >= 4 is 23.6 Å². The fourth-order valence-electron chi connectivity index (χ4n) is 5.33. The van der Waals surface area contributed by atoms with Gasteiger partial charge in [0.2, 0.25) is 11.8 Å². The molecule has 0 radical (unpaired) electrons. The smallest absolute Gasteiger partial charge is 0.407 e. The second-order valence-electron chi connectivity index (χ2n) is 11.6. The van der Waals surface area contributed by atoms with Crippen LogP contribution >= 0.6 is 0 Å². The first-order chi connectivity index (χ1) is 24.1. The van der Waals surface area contributed by atoms with Crippen LogP contribution in [0.5, 0.6) is 0 Å². The van der Waals surface area contributed by atoms with Gasteiger partial charge >= 0.3 is 6.09 Å². The Morgan fingerprint density at radius 2 is 1.35 bits per heavy atom. The van der Waals surface area contributed by atoms with Gasteiger partial charge in [-0.25, -0.2) is 4.79 Å². The summed E-state index contributed by atoms with van der Waals surface area (Å²) in [6.45, 7) is 4.12. The summed E-state index contributed by atoms with van der Waals surface area (Å²) in [5.41, 5.74) is 3.46. The number of anilines is 1.